The van der Waals surface area contributed by atoms with Crippen LogP contribution in [0.4, 0.5) is 4.39 Å². The molecule has 2 aromatic rings. The largest absolute Gasteiger partial charge is 0.496 e. The predicted octanol–water partition coefficient (Wildman–Crippen LogP) is 5.64. The summed E-state index contributed by atoms with van der Waals surface area (Å²) in [7, 11) is 1.64. The van der Waals surface area contributed by atoms with Gasteiger partial charge >= 0.3 is 0 Å². The molecule has 28 heavy (non-hydrogen) atoms. The fourth-order valence-electron chi connectivity index (χ4n) is 4.68. The fourth-order valence-corrected chi connectivity index (χ4v) is 4.83. The molecule has 2 aliphatic rings. The van der Waals surface area contributed by atoms with Gasteiger partial charge in [-0.05, 0) is 55.9 Å². The average molecular weight is 401 g/mol. The van der Waals surface area contributed by atoms with Gasteiger partial charge in [0.2, 0.25) is 0 Å². The van der Waals surface area contributed by atoms with E-state index in [0.29, 0.717) is 17.4 Å². The zero-order chi connectivity index (χ0) is 20.1. The van der Waals surface area contributed by atoms with Gasteiger partial charge in [0.05, 0.1) is 13.2 Å². The molecule has 0 bridgehead atoms. The molecule has 0 saturated carbocycles. The number of benzene rings is 1. The highest BCUT2D eigenvalue weighted by Crippen LogP contribution is 2.50. The van der Waals surface area contributed by atoms with Crippen molar-refractivity contribution in [3.8, 4) is 5.75 Å². The van der Waals surface area contributed by atoms with Gasteiger partial charge in [-0.2, -0.15) is 0 Å². The third-order valence-corrected chi connectivity index (χ3v) is 5.98. The fraction of sp³-hybridized carbons (Fsp3) is 0.435. The van der Waals surface area contributed by atoms with Gasteiger partial charge in [-0.3, -0.25) is 4.90 Å². The standard InChI is InChI=1S/C23H26ClFN2O/c1-14-9-17-16-8-6-5-7-15(16)10-18(17)22(27(14)13-23(2,3)25)19-12-26-21(24)11-20(19)28-4/h5-8,11-12,14,22H,9-10,13H2,1-4H3/t14-,22+/m1/s1. The second kappa shape index (κ2) is 7.16. The van der Waals surface area contributed by atoms with E-state index in [9.17, 15) is 4.39 Å². The number of hydrogen-bond donors (Lipinski definition) is 0. The van der Waals surface area contributed by atoms with Crippen LogP contribution in [-0.4, -0.2) is 35.2 Å². The minimum absolute atomic E-state index is 0.0825. The first-order chi connectivity index (χ1) is 13.3. The Hall–Kier alpha value is -1.91. The third-order valence-electron chi connectivity index (χ3n) is 5.77. The summed E-state index contributed by atoms with van der Waals surface area (Å²) in [5.74, 6) is 0.698. The minimum Gasteiger partial charge on any atom is -0.496 e. The van der Waals surface area contributed by atoms with E-state index in [2.05, 4.69) is 41.1 Å². The molecule has 3 nitrogen and oxygen atoms in total. The van der Waals surface area contributed by atoms with Gasteiger partial charge in [0.25, 0.3) is 0 Å². The van der Waals surface area contributed by atoms with Crippen molar-refractivity contribution in [2.75, 3.05) is 13.7 Å². The molecule has 4 rings (SSSR count). The van der Waals surface area contributed by atoms with E-state index in [-0.39, 0.29) is 12.1 Å². The molecule has 1 aromatic carbocycles. The Balaban J connectivity index is 1.88. The summed E-state index contributed by atoms with van der Waals surface area (Å²) in [5, 5.41) is 0.394. The summed E-state index contributed by atoms with van der Waals surface area (Å²) in [5.41, 5.74) is 5.02. The van der Waals surface area contributed by atoms with Gasteiger partial charge in [-0.1, -0.05) is 35.9 Å². The average Bonchev–Trinajstić information content (AvgIpc) is 3.00. The van der Waals surface area contributed by atoms with Crippen molar-refractivity contribution in [2.24, 2.45) is 0 Å². The Morgan fingerprint density at radius 1 is 1.32 bits per heavy atom. The number of rotatable bonds is 4. The van der Waals surface area contributed by atoms with Crippen molar-refractivity contribution >= 4 is 17.2 Å². The zero-order valence-electron chi connectivity index (χ0n) is 16.8. The Morgan fingerprint density at radius 3 is 2.79 bits per heavy atom. The molecular formula is C23H26ClFN2O. The van der Waals surface area contributed by atoms with Crippen molar-refractivity contribution in [2.45, 2.75) is 51.4 Å². The van der Waals surface area contributed by atoms with Crippen molar-refractivity contribution in [3.63, 3.8) is 0 Å². The Morgan fingerprint density at radius 2 is 2.07 bits per heavy atom. The number of nitrogens with zero attached hydrogens (tertiary/aromatic N) is 2. The molecule has 0 fully saturated rings. The molecule has 5 heteroatoms. The maximum Gasteiger partial charge on any atom is 0.132 e. The molecule has 0 spiro atoms. The summed E-state index contributed by atoms with van der Waals surface area (Å²) >= 11 is 6.11. The van der Waals surface area contributed by atoms with Crippen molar-refractivity contribution in [3.05, 3.63) is 63.9 Å². The summed E-state index contributed by atoms with van der Waals surface area (Å²) in [6, 6.07) is 10.4. The first kappa shape index (κ1) is 19.4. The van der Waals surface area contributed by atoms with Crippen LogP contribution in [0.15, 0.2) is 42.1 Å². The van der Waals surface area contributed by atoms with Gasteiger partial charge in [-0.15, -0.1) is 0 Å². The maximum atomic E-state index is 14.8. The summed E-state index contributed by atoms with van der Waals surface area (Å²) < 4.78 is 20.4. The van der Waals surface area contributed by atoms with Crippen LogP contribution in [0, 0.1) is 0 Å². The molecule has 1 aromatic heterocycles. The molecule has 0 unspecified atom stereocenters. The zero-order valence-corrected chi connectivity index (χ0v) is 17.6. The molecular weight excluding hydrogens is 375 g/mol. The number of halogens is 2. The van der Waals surface area contributed by atoms with E-state index in [0.717, 1.165) is 18.4 Å². The second-order valence-electron chi connectivity index (χ2n) is 8.43. The lowest BCUT2D eigenvalue weighted by atomic mass is 9.84. The normalized spacial score (nSPS) is 22.2. The molecule has 148 valence electrons. The highest BCUT2D eigenvalue weighted by molar-refractivity contribution is 6.29. The van der Waals surface area contributed by atoms with Crippen LogP contribution in [-0.2, 0) is 6.42 Å². The molecule has 0 N–H and O–H groups in total. The van der Waals surface area contributed by atoms with Crippen LogP contribution >= 0.6 is 11.6 Å². The monoisotopic (exact) mass is 400 g/mol. The van der Waals surface area contributed by atoms with Crippen LogP contribution in [0.5, 0.6) is 5.75 Å². The third kappa shape index (κ3) is 3.44. The Labute approximate surface area is 171 Å². The van der Waals surface area contributed by atoms with Gasteiger partial charge < -0.3 is 4.74 Å². The molecule has 1 aliphatic carbocycles. The van der Waals surface area contributed by atoms with E-state index in [1.165, 1.54) is 22.3 Å². The van der Waals surface area contributed by atoms with Gasteiger partial charge in [0.15, 0.2) is 0 Å². The number of ether oxygens (including phenoxy) is 1. The lowest BCUT2D eigenvalue weighted by Gasteiger charge is -2.44. The molecule has 2 atom stereocenters. The highest BCUT2D eigenvalue weighted by Gasteiger charge is 2.41. The van der Waals surface area contributed by atoms with Crippen LogP contribution in [0.1, 0.15) is 49.9 Å². The molecule has 0 saturated heterocycles. The number of methoxy groups -OCH3 is 1. The van der Waals surface area contributed by atoms with E-state index in [1.807, 2.05) is 0 Å². The van der Waals surface area contributed by atoms with E-state index >= 15 is 0 Å². The van der Waals surface area contributed by atoms with E-state index < -0.39 is 5.67 Å². The van der Waals surface area contributed by atoms with Crippen molar-refractivity contribution in [1.29, 1.82) is 0 Å². The molecule has 1 aliphatic heterocycles. The quantitative estimate of drug-likeness (QED) is 0.621. The lowest BCUT2D eigenvalue weighted by molar-refractivity contribution is 0.0692. The summed E-state index contributed by atoms with van der Waals surface area (Å²) in [6.45, 7) is 5.81. The topological polar surface area (TPSA) is 25.4 Å². The number of alkyl halides is 1. The number of hydrogen-bond acceptors (Lipinski definition) is 3. The SMILES string of the molecule is COc1cc(Cl)ncc1[C@@H]1C2=C(C[C@@H](C)N1CC(C)(C)F)c1ccccc1C2. The maximum absolute atomic E-state index is 14.8. The van der Waals surface area contributed by atoms with Crippen LogP contribution in [0.2, 0.25) is 5.15 Å². The van der Waals surface area contributed by atoms with E-state index in [4.69, 9.17) is 16.3 Å². The Kier molecular flexibility index (Phi) is 4.96. The van der Waals surface area contributed by atoms with Crippen molar-refractivity contribution < 1.29 is 9.13 Å². The minimum atomic E-state index is -1.30. The number of fused-ring (bicyclic) bond motifs is 2. The van der Waals surface area contributed by atoms with Crippen molar-refractivity contribution in [1.82, 2.24) is 9.88 Å². The highest BCUT2D eigenvalue weighted by atomic mass is 35.5. The first-order valence-corrected chi connectivity index (χ1v) is 10.1. The molecule has 0 amide bonds. The number of aromatic nitrogens is 1. The summed E-state index contributed by atoms with van der Waals surface area (Å²) in [4.78, 5) is 6.59. The van der Waals surface area contributed by atoms with Gasteiger partial charge in [0, 0.05) is 30.4 Å². The van der Waals surface area contributed by atoms with Gasteiger partial charge in [-0.25, -0.2) is 9.37 Å². The van der Waals surface area contributed by atoms with Gasteiger partial charge in [0.1, 0.15) is 16.6 Å². The van der Waals surface area contributed by atoms with Crippen LogP contribution in [0.3, 0.4) is 0 Å². The first-order valence-electron chi connectivity index (χ1n) is 9.73. The summed E-state index contributed by atoms with van der Waals surface area (Å²) in [6.07, 6.45) is 3.58. The molecule has 0 radical (unpaired) electrons. The Bertz CT molecular complexity index is 934. The second-order valence-corrected chi connectivity index (χ2v) is 8.82. The lowest BCUT2D eigenvalue weighted by Crippen LogP contribution is -2.46. The smallest absolute Gasteiger partial charge is 0.132 e. The molecule has 2 heterocycles. The predicted molar refractivity (Wildman–Crippen MR) is 112 cm³/mol. The van der Waals surface area contributed by atoms with E-state index in [1.54, 1.807) is 33.2 Å². The van der Waals surface area contributed by atoms with Crippen LogP contribution in [0.25, 0.3) is 5.57 Å². The van der Waals surface area contributed by atoms with Crippen LogP contribution < -0.4 is 4.74 Å². The number of pyridine rings is 1.